The van der Waals surface area contributed by atoms with Crippen molar-refractivity contribution >= 4 is 56.0 Å². The molecule has 0 spiro atoms. The average Bonchev–Trinajstić information content (AvgIpc) is 2.66. The number of anilines is 1. The number of esters is 2. The van der Waals surface area contributed by atoms with Gasteiger partial charge in [-0.15, -0.1) is 0 Å². The molecule has 2 N–H and O–H groups in total. The lowest BCUT2D eigenvalue weighted by molar-refractivity contribution is -0.385. The van der Waals surface area contributed by atoms with Crippen molar-refractivity contribution in [2.75, 3.05) is 12.3 Å². The Labute approximate surface area is 186 Å². The van der Waals surface area contributed by atoms with E-state index in [4.69, 9.17) is 10.5 Å². The van der Waals surface area contributed by atoms with Crippen LogP contribution in [0.15, 0.2) is 36.4 Å². The molecule has 2 aromatic carbocycles. The Balaban J connectivity index is 2.32. The van der Waals surface area contributed by atoms with Crippen molar-refractivity contribution < 1.29 is 45.7 Å². The van der Waals surface area contributed by atoms with Crippen molar-refractivity contribution in [3.05, 3.63) is 61.2 Å². The summed E-state index contributed by atoms with van der Waals surface area (Å²) in [5.74, 6) is -3.13. The first kappa shape index (κ1) is 24.4. The van der Waals surface area contributed by atoms with E-state index >= 15 is 0 Å². The maximum absolute atomic E-state index is 13.2. The highest BCUT2D eigenvalue weighted by atomic mass is 127. The quantitative estimate of drug-likeness (QED) is 0.0986. The third-order valence-corrected chi connectivity index (χ3v) is 5.09. The number of hydrogen-bond donors (Lipinski definition) is 1. The maximum Gasteiger partial charge on any atom is 0.367 e. The van der Waals surface area contributed by atoms with Crippen molar-refractivity contribution in [1.82, 2.24) is 0 Å². The van der Waals surface area contributed by atoms with Crippen molar-refractivity contribution in [2.45, 2.75) is 5.25 Å². The van der Waals surface area contributed by atoms with Gasteiger partial charge in [0.1, 0.15) is 11.3 Å². The summed E-state index contributed by atoms with van der Waals surface area (Å²) < 4.78 is 67.5. The van der Waals surface area contributed by atoms with Crippen molar-refractivity contribution in [3.8, 4) is 5.75 Å². The fourth-order valence-electron chi connectivity index (χ4n) is 2.07. The summed E-state index contributed by atoms with van der Waals surface area (Å²) >= 11 is 1.91. The third-order valence-electron chi connectivity index (χ3n) is 3.57. The van der Waals surface area contributed by atoms with Gasteiger partial charge in [0.05, 0.1) is 10.5 Å². The molecule has 0 atom stereocenters. The molecule has 11 nitrogen and oxygen atoms in total. The van der Waals surface area contributed by atoms with Crippen LogP contribution in [0.5, 0.6) is 5.75 Å². The van der Waals surface area contributed by atoms with Gasteiger partial charge in [0, 0.05) is 21.4 Å². The number of carbonyl (C=O) groups excluding carboxylic acids is 2. The molecule has 15 heteroatoms. The second kappa shape index (κ2) is 9.06. The van der Waals surface area contributed by atoms with Crippen LogP contribution < -0.4 is 10.5 Å². The van der Waals surface area contributed by atoms with Crippen LogP contribution in [0.4, 0.5) is 20.2 Å². The highest BCUT2D eigenvalue weighted by Crippen LogP contribution is 2.28. The third kappa shape index (κ3) is 5.82. The number of benzene rings is 2. The molecule has 0 saturated heterocycles. The number of nitrogens with zero attached hydrogens (tertiary/aromatic N) is 1. The summed E-state index contributed by atoms with van der Waals surface area (Å²) in [4.78, 5) is 34.4. The molecule has 0 aliphatic rings. The second-order valence-electron chi connectivity index (χ2n) is 5.72. The number of rotatable bonds is 7. The largest absolute Gasteiger partial charge is 0.743 e. The standard InChI is InChI=1S/C16H11F2IN2O9S/c17-16(18,31(26,27)28)7-29-14(22)11-6-9(2-4-13(11)21(24)25)30-15(23)10-5-8(19)1-3-12(10)20/h1-6H,7,20H2,(H,26,27,28)/p-1. The van der Waals surface area contributed by atoms with Crippen LogP contribution in [0.1, 0.15) is 20.7 Å². The lowest BCUT2D eigenvalue weighted by Gasteiger charge is -2.19. The highest BCUT2D eigenvalue weighted by molar-refractivity contribution is 14.1. The Morgan fingerprint density at radius 2 is 1.77 bits per heavy atom. The van der Waals surface area contributed by atoms with E-state index in [1.807, 2.05) is 22.6 Å². The smallest absolute Gasteiger partial charge is 0.367 e. The molecule has 0 saturated carbocycles. The van der Waals surface area contributed by atoms with E-state index in [1.54, 1.807) is 6.07 Å². The van der Waals surface area contributed by atoms with Gasteiger partial charge in [-0.05, 0) is 46.9 Å². The zero-order valence-corrected chi connectivity index (χ0v) is 17.9. The first-order chi connectivity index (χ1) is 14.2. The summed E-state index contributed by atoms with van der Waals surface area (Å²) in [5, 5.41) is 6.15. The maximum atomic E-state index is 13.2. The number of alkyl halides is 2. The van der Waals surface area contributed by atoms with Crippen LogP contribution in [0.25, 0.3) is 0 Å². The fraction of sp³-hybridized carbons (Fsp3) is 0.125. The molecule has 0 fully saturated rings. The minimum Gasteiger partial charge on any atom is -0.743 e. The second-order valence-corrected chi connectivity index (χ2v) is 8.48. The molecule has 31 heavy (non-hydrogen) atoms. The van der Waals surface area contributed by atoms with Gasteiger partial charge in [-0.3, -0.25) is 10.1 Å². The summed E-state index contributed by atoms with van der Waals surface area (Å²) in [5.41, 5.74) is 3.87. The minimum atomic E-state index is -6.15. The van der Waals surface area contributed by atoms with Gasteiger partial charge in [0.2, 0.25) is 0 Å². The molecule has 0 aliphatic heterocycles. The van der Waals surface area contributed by atoms with E-state index in [2.05, 4.69) is 4.74 Å². The molecule has 0 unspecified atom stereocenters. The van der Waals surface area contributed by atoms with E-state index in [1.165, 1.54) is 12.1 Å². The number of nitrogen functional groups attached to an aromatic ring is 1. The van der Waals surface area contributed by atoms with Gasteiger partial charge in [0.25, 0.3) is 5.69 Å². The molecule has 0 radical (unpaired) electrons. The Morgan fingerprint density at radius 3 is 2.35 bits per heavy atom. The molecule has 166 valence electrons. The van der Waals surface area contributed by atoms with E-state index in [0.717, 1.165) is 12.1 Å². The van der Waals surface area contributed by atoms with Gasteiger partial charge in [0.15, 0.2) is 16.7 Å². The van der Waals surface area contributed by atoms with Crippen LogP contribution >= 0.6 is 22.6 Å². The predicted octanol–water partition coefficient (Wildman–Crippen LogP) is 2.30. The number of nitro benzene ring substituents is 1. The topological polar surface area (TPSA) is 179 Å². The molecule has 2 aromatic rings. The van der Waals surface area contributed by atoms with Crippen molar-refractivity contribution in [2.24, 2.45) is 0 Å². The lowest BCUT2D eigenvalue weighted by atomic mass is 10.1. The normalized spacial score (nSPS) is 11.6. The zero-order chi connectivity index (χ0) is 23.6. The van der Waals surface area contributed by atoms with E-state index in [0.29, 0.717) is 9.64 Å². The SMILES string of the molecule is Nc1ccc(I)cc1C(=O)Oc1ccc([N+](=O)[O-])c(C(=O)OCC(F)(F)S(=O)(=O)[O-])c1. The molecule has 0 aromatic heterocycles. The highest BCUT2D eigenvalue weighted by Gasteiger charge is 2.40. The number of halogens is 3. The zero-order valence-electron chi connectivity index (χ0n) is 14.9. The fourth-order valence-corrected chi connectivity index (χ4v) is 2.76. The molecular formula is C16H10F2IN2O9S-. The Morgan fingerprint density at radius 1 is 1.13 bits per heavy atom. The van der Waals surface area contributed by atoms with Gasteiger partial charge < -0.3 is 19.8 Å². The van der Waals surface area contributed by atoms with Crippen LogP contribution in [-0.2, 0) is 14.9 Å². The first-order valence-electron chi connectivity index (χ1n) is 7.79. The molecule has 0 amide bonds. The van der Waals surface area contributed by atoms with Gasteiger partial charge >= 0.3 is 17.2 Å². The summed E-state index contributed by atoms with van der Waals surface area (Å²) in [6, 6.07) is 6.79. The van der Waals surface area contributed by atoms with Crippen LogP contribution in [-0.4, -0.2) is 41.7 Å². The molecule has 0 heterocycles. The predicted molar refractivity (Wildman–Crippen MR) is 107 cm³/mol. The number of ether oxygens (including phenoxy) is 2. The molecule has 0 aliphatic carbocycles. The van der Waals surface area contributed by atoms with Gasteiger partial charge in [-0.2, -0.15) is 8.78 Å². The summed E-state index contributed by atoms with van der Waals surface area (Å²) in [6.07, 6.45) is 0. The van der Waals surface area contributed by atoms with Crippen molar-refractivity contribution in [3.63, 3.8) is 0 Å². The Bertz CT molecular complexity index is 1170. The number of nitro groups is 1. The van der Waals surface area contributed by atoms with Crippen LogP contribution in [0, 0.1) is 13.7 Å². The Kier molecular flexibility index (Phi) is 7.12. The molecule has 2 rings (SSSR count). The number of hydrogen-bond acceptors (Lipinski definition) is 10. The van der Waals surface area contributed by atoms with E-state index in [-0.39, 0.29) is 11.3 Å². The van der Waals surface area contributed by atoms with E-state index < -0.39 is 55.8 Å². The molecule has 0 bridgehead atoms. The minimum absolute atomic E-state index is 0.0466. The summed E-state index contributed by atoms with van der Waals surface area (Å²) in [7, 11) is -6.15. The van der Waals surface area contributed by atoms with Gasteiger partial charge in [-0.1, -0.05) is 0 Å². The average molecular weight is 571 g/mol. The Hall–Kier alpha value is -2.92. The van der Waals surface area contributed by atoms with Crippen LogP contribution in [0.3, 0.4) is 0 Å². The van der Waals surface area contributed by atoms with Crippen molar-refractivity contribution in [1.29, 1.82) is 0 Å². The first-order valence-corrected chi connectivity index (χ1v) is 10.3. The monoisotopic (exact) mass is 571 g/mol. The van der Waals surface area contributed by atoms with E-state index in [9.17, 15) is 41.5 Å². The number of nitrogens with two attached hydrogens (primary N) is 1. The number of carbonyl (C=O) groups is 2. The van der Waals surface area contributed by atoms with Crippen LogP contribution in [0.2, 0.25) is 0 Å². The van der Waals surface area contributed by atoms with Gasteiger partial charge in [-0.25, -0.2) is 18.0 Å². The summed E-state index contributed by atoms with van der Waals surface area (Å²) in [6.45, 7) is -2.17. The lowest BCUT2D eigenvalue weighted by Crippen LogP contribution is -2.34. The molecular weight excluding hydrogens is 561 g/mol.